The zero-order chi connectivity index (χ0) is 23.6. The first-order chi connectivity index (χ1) is 15.8. The van der Waals surface area contributed by atoms with Gasteiger partial charge >= 0.3 is 0 Å². The lowest BCUT2D eigenvalue weighted by molar-refractivity contribution is 0.0730. The molecule has 0 aliphatic carbocycles. The Balaban J connectivity index is 0.00000324. The summed E-state index contributed by atoms with van der Waals surface area (Å²) < 4.78 is 33.5. The predicted molar refractivity (Wildman–Crippen MR) is 138 cm³/mol. The Bertz CT molecular complexity index is 1240. The van der Waals surface area contributed by atoms with Crippen molar-refractivity contribution >= 4 is 55.0 Å². The average molecular weight is 525 g/mol. The summed E-state index contributed by atoms with van der Waals surface area (Å²) in [5, 5.41) is 0.632. The van der Waals surface area contributed by atoms with Crippen LogP contribution in [-0.2, 0) is 14.8 Å². The third-order valence-corrected chi connectivity index (χ3v) is 8.44. The number of thiazole rings is 1. The highest BCUT2D eigenvalue weighted by Crippen LogP contribution is 2.30. The van der Waals surface area contributed by atoms with Crippen LogP contribution >= 0.6 is 23.7 Å². The molecule has 1 amide bonds. The molecular formula is C23H29ClN4O4S2. The predicted octanol–water partition coefficient (Wildman–Crippen LogP) is 3.26. The summed E-state index contributed by atoms with van der Waals surface area (Å²) in [6.07, 6.45) is 0. The molecule has 0 N–H and O–H groups in total. The number of hydrogen-bond donors (Lipinski definition) is 0. The van der Waals surface area contributed by atoms with Crippen molar-refractivity contribution < 1.29 is 17.9 Å². The summed E-state index contributed by atoms with van der Waals surface area (Å²) >= 11 is 1.48. The summed E-state index contributed by atoms with van der Waals surface area (Å²) in [4.78, 5) is 22.0. The monoisotopic (exact) mass is 524 g/mol. The van der Waals surface area contributed by atoms with E-state index in [2.05, 4.69) is 11.1 Å². The van der Waals surface area contributed by atoms with Gasteiger partial charge in [0, 0.05) is 31.7 Å². The summed E-state index contributed by atoms with van der Waals surface area (Å²) in [6.45, 7) is 4.61. The van der Waals surface area contributed by atoms with E-state index in [-0.39, 0.29) is 23.2 Å². The second kappa shape index (κ2) is 11.1. The van der Waals surface area contributed by atoms with Crippen molar-refractivity contribution in [3.63, 3.8) is 0 Å². The van der Waals surface area contributed by atoms with Crippen molar-refractivity contribution in [3.8, 4) is 0 Å². The van der Waals surface area contributed by atoms with Gasteiger partial charge in [-0.1, -0.05) is 17.4 Å². The number of halogens is 1. The van der Waals surface area contributed by atoms with Crippen molar-refractivity contribution in [1.82, 2.24) is 14.2 Å². The molecule has 1 aliphatic rings. The lowest BCUT2D eigenvalue weighted by Gasteiger charge is -2.26. The number of morpholine rings is 1. The molecule has 1 fully saturated rings. The van der Waals surface area contributed by atoms with Crippen LogP contribution in [0.4, 0.5) is 5.13 Å². The van der Waals surface area contributed by atoms with Crippen LogP contribution < -0.4 is 4.90 Å². The Kier molecular flexibility index (Phi) is 8.66. The second-order valence-corrected chi connectivity index (χ2v) is 11.2. The van der Waals surface area contributed by atoms with Crippen molar-refractivity contribution in [2.75, 3.05) is 58.4 Å². The van der Waals surface area contributed by atoms with Gasteiger partial charge in [-0.2, -0.15) is 4.31 Å². The number of benzene rings is 2. The van der Waals surface area contributed by atoms with Gasteiger partial charge in [0.05, 0.1) is 28.3 Å². The minimum absolute atomic E-state index is 0. The normalized spacial score (nSPS) is 14.8. The number of ether oxygens (including phenoxy) is 1. The van der Waals surface area contributed by atoms with E-state index in [1.807, 2.05) is 38.1 Å². The number of amides is 1. The molecule has 0 saturated carbocycles. The third kappa shape index (κ3) is 5.76. The van der Waals surface area contributed by atoms with Crippen LogP contribution in [0.15, 0.2) is 47.4 Å². The molecule has 0 atom stereocenters. The zero-order valence-electron chi connectivity index (χ0n) is 19.4. The maximum Gasteiger partial charge on any atom is 0.260 e. The minimum Gasteiger partial charge on any atom is -0.379 e. The Morgan fingerprint density at radius 1 is 1.09 bits per heavy atom. The molecule has 34 heavy (non-hydrogen) atoms. The highest BCUT2D eigenvalue weighted by molar-refractivity contribution is 7.89. The van der Waals surface area contributed by atoms with Crippen LogP contribution in [0.2, 0.25) is 0 Å². The third-order valence-electron chi connectivity index (χ3n) is 5.49. The Hall–Kier alpha value is -2.08. The van der Waals surface area contributed by atoms with E-state index in [4.69, 9.17) is 4.74 Å². The molecule has 11 heteroatoms. The van der Waals surface area contributed by atoms with Gasteiger partial charge < -0.3 is 9.64 Å². The molecule has 0 bridgehead atoms. The maximum atomic E-state index is 13.5. The van der Waals surface area contributed by atoms with E-state index in [1.54, 1.807) is 17.0 Å². The fraction of sp³-hybridized carbons (Fsp3) is 0.391. The number of carbonyl (C=O) groups excluding carboxylic acids is 1. The molecule has 1 aromatic heterocycles. The number of nitrogens with zero attached hydrogens (tertiary/aromatic N) is 4. The lowest BCUT2D eigenvalue weighted by Crippen LogP contribution is -2.40. The van der Waals surface area contributed by atoms with Crippen LogP contribution in [0.1, 0.15) is 15.9 Å². The van der Waals surface area contributed by atoms with Gasteiger partial charge in [-0.15, -0.1) is 12.4 Å². The van der Waals surface area contributed by atoms with Crippen LogP contribution in [0.3, 0.4) is 0 Å². The molecule has 0 unspecified atom stereocenters. The fourth-order valence-electron chi connectivity index (χ4n) is 3.58. The molecular weight excluding hydrogens is 496 g/mol. The van der Waals surface area contributed by atoms with Gasteiger partial charge in [0.15, 0.2) is 5.13 Å². The van der Waals surface area contributed by atoms with E-state index in [9.17, 15) is 13.2 Å². The molecule has 4 rings (SSSR count). The average Bonchev–Trinajstić information content (AvgIpc) is 3.22. The fourth-order valence-corrected chi connectivity index (χ4v) is 6.08. The molecule has 0 spiro atoms. The largest absolute Gasteiger partial charge is 0.379 e. The molecule has 2 heterocycles. The summed E-state index contributed by atoms with van der Waals surface area (Å²) in [5.41, 5.74) is 2.42. The van der Waals surface area contributed by atoms with Crippen molar-refractivity contribution in [1.29, 1.82) is 0 Å². The lowest BCUT2D eigenvalue weighted by atomic mass is 10.2. The second-order valence-electron chi connectivity index (χ2n) is 8.27. The van der Waals surface area contributed by atoms with Gasteiger partial charge in [-0.25, -0.2) is 13.4 Å². The van der Waals surface area contributed by atoms with Crippen LogP contribution in [0.5, 0.6) is 0 Å². The smallest absolute Gasteiger partial charge is 0.260 e. The van der Waals surface area contributed by atoms with Gasteiger partial charge in [-0.05, 0) is 63.0 Å². The number of aromatic nitrogens is 1. The van der Waals surface area contributed by atoms with E-state index < -0.39 is 10.0 Å². The van der Waals surface area contributed by atoms with Crippen molar-refractivity contribution in [2.45, 2.75) is 11.8 Å². The topological polar surface area (TPSA) is 83.1 Å². The number of sulfonamides is 1. The Labute approximate surface area is 210 Å². The van der Waals surface area contributed by atoms with Crippen LogP contribution in [0, 0.1) is 6.92 Å². The van der Waals surface area contributed by atoms with Gasteiger partial charge in [-0.3, -0.25) is 9.69 Å². The molecule has 1 aliphatic heterocycles. The van der Waals surface area contributed by atoms with Gasteiger partial charge in [0.2, 0.25) is 10.0 Å². The number of aryl methyl sites for hydroxylation is 1. The molecule has 2 aromatic carbocycles. The first-order valence-corrected chi connectivity index (χ1v) is 13.0. The standard InChI is InChI=1S/C23H28N4O4S2.ClH/c1-17-4-9-20-21(16-17)32-23(24-20)27(11-10-25(2)3)22(28)18-5-7-19(8-6-18)33(29,30)26-12-14-31-15-13-26;/h4-9,16H,10-15H2,1-3H3;1H. The van der Waals surface area contributed by atoms with Crippen LogP contribution in [-0.4, -0.2) is 82.0 Å². The quantitative estimate of drug-likeness (QED) is 0.472. The van der Waals surface area contributed by atoms with E-state index in [0.717, 1.165) is 15.8 Å². The molecule has 1 saturated heterocycles. The number of hydrogen-bond acceptors (Lipinski definition) is 7. The molecule has 3 aromatic rings. The van der Waals surface area contributed by atoms with E-state index in [0.29, 0.717) is 50.1 Å². The number of fused-ring (bicyclic) bond motifs is 1. The van der Waals surface area contributed by atoms with Crippen LogP contribution in [0.25, 0.3) is 10.2 Å². The van der Waals surface area contributed by atoms with E-state index >= 15 is 0 Å². The highest BCUT2D eigenvalue weighted by atomic mass is 35.5. The number of rotatable bonds is 7. The SMILES string of the molecule is Cc1ccc2nc(N(CCN(C)C)C(=O)c3ccc(S(=O)(=O)N4CCOCC4)cc3)sc2c1.Cl. The highest BCUT2D eigenvalue weighted by Gasteiger charge is 2.27. The Morgan fingerprint density at radius 3 is 2.41 bits per heavy atom. The summed E-state index contributed by atoms with van der Waals surface area (Å²) in [5.74, 6) is -0.206. The van der Waals surface area contributed by atoms with Crippen molar-refractivity contribution in [3.05, 3.63) is 53.6 Å². The number of anilines is 1. The first-order valence-electron chi connectivity index (χ1n) is 10.8. The summed E-state index contributed by atoms with van der Waals surface area (Å²) in [7, 11) is 0.300. The molecule has 184 valence electrons. The maximum absolute atomic E-state index is 13.5. The van der Waals surface area contributed by atoms with Gasteiger partial charge in [0.1, 0.15) is 0 Å². The molecule has 8 nitrogen and oxygen atoms in total. The van der Waals surface area contributed by atoms with E-state index in [1.165, 1.54) is 27.8 Å². The summed E-state index contributed by atoms with van der Waals surface area (Å²) in [6, 6.07) is 12.2. The minimum atomic E-state index is -3.61. The van der Waals surface area contributed by atoms with Gasteiger partial charge in [0.25, 0.3) is 5.91 Å². The molecule has 0 radical (unpaired) electrons. The Morgan fingerprint density at radius 2 is 1.76 bits per heavy atom. The number of carbonyl (C=O) groups is 1. The van der Waals surface area contributed by atoms with Crippen molar-refractivity contribution in [2.24, 2.45) is 0 Å². The zero-order valence-corrected chi connectivity index (χ0v) is 21.9. The number of likely N-dealkylation sites (N-methyl/N-ethyl adjacent to an activating group) is 1. The first kappa shape index (κ1) is 26.5.